The number of hydrogen-bond donors (Lipinski definition) is 2. The lowest BCUT2D eigenvalue weighted by Crippen LogP contribution is -2.44. The molecule has 8 rings (SSSR count). The van der Waals surface area contributed by atoms with Crippen LogP contribution in [0.2, 0.25) is 0 Å². The van der Waals surface area contributed by atoms with E-state index in [9.17, 15) is 26.3 Å². The van der Waals surface area contributed by atoms with E-state index in [4.69, 9.17) is 14.7 Å². The molecule has 2 N–H and O–H groups in total. The Morgan fingerprint density at radius 2 is 1.69 bits per heavy atom. The van der Waals surface area contributed by atoms with Crippen LogP contribution in [0.5, 0.6) is 11.8 Å². The number of alkyl halides is 6. The molecule has 2 aliphatic carbocycles. The Hall–Kier alpha value is -4.09. The van der Waals surface area contributed by atoms with E-state index < -0.39 is 36.2 Å². The van der Waals surface area contributed by atoms with E-state index in [0.717, 1.165) is 38.2 Å². The number of rotatable bonds is 12. The van der Waals surface area contributed by atoms with Crippen LogP contribution in [0, 0.1) is 17.0 Å². The fourth-order valence-corrected chi connectivity index (χ4v) is 7.99. The normalized spacial score (nSPS) is 21.0. The van der Waals surface area contributed by atoms with Crippen LogP contribution in [0.15, 0.2) is 30.3 Å². The van der Waals surface area contributed by atoms with Gasteiger partial charge in [0, 0.05) is 54.1 Å². The molecule has 17 heteroatoms. The molecule has 3 fully saturated rings. The monoisotopic (exact) mass is 780 g/mol. The summed E-state index contributed by atoms with van der Waals surface area (Å²) in [6.07, 6.45) is -4.80. The maximum atomic E-state index is 17.0. The fraction of sp³-hybridized carbons (Fsp3) is 0.553. The van der Waals surface area contributed by atoms with E-state index in [1.807, 2.05) is 0 Å². The van der Waals surface area contributed by atoms with Gasteiger partial charge in [-0.2, -0.15) is 9.97 Å². The minimum absolute atomic E-state index is 0.0454. The van der Waals surface area contributed by atoms with Crippen molar-refractivity contribution in [2.75, 3.05) is 31.6 Å². The van der Waals surface area contributed by atoms with Gasteiger partial charge in [-0.05, 0) is 69.2 Å². The zero-order chi connectivity index (χ0) is 38.7. The van der Waals surface area contributed by atoms with E-state index in [1.54, 1.807) is 0 Å². The molecule has 0 amide bonds. The third-order valence-corrected chi connectivity index (χ3v) is 11.1. The highest BCUT2D eigenvalue weighted by Gasteiger charge is 2.46. The third kappa shape index (κ3) is 8.38. The molecule has 2 atom stereocenters. The maximum Gasteiger partial charge on any atom is 0.573 e. The summed E-state index contributed by atoms with van der Waals surface area (Å²) < 4.78 is 125. The summed E-state index contributed by atoms with van der Waals surface area (Å²) in [5, 5.41) is 7.40. The van der Waals surface area contributed by atoms with Gasteiger partial charge in [-0.3, -0.25) is 4.74 Å². The first-order valence-electron chi connectivity index (χ1n) is 18.7. The van der Waals surface area contributed by atoms with Crippen LogP contribution < -0.4 is 20.1 Å². The van der Waals surface area contributed by atoms with Crippen LogP contribution in [0.4, 0.5) is 40.9 Å². The number of ether oxygens (including phenoxy) is 3. The predicted molar refractivity (Wildman–Crippen MR) is 187 cm³/mol. The molecule has 0 bridgehead atoms. The summed E-state index contributed by atoms with van der Waals surface area (Å²) in [4.78, 5) is 16.0. The molecule has 0 spiro atoms. The van der Waals surface area contributed by atoms with Crippen LogP contribution in [0.3, 0.4) is 0 Å². The maximum absolute atomic E-state index is 17.0. The molecule has 55 heavy (non-hydrogen) atoms. The number of likely N-dealkylation sites (tertiary alicyclic amines) is 1. The Balaban J connectivity index is 1.14. The number of aromatic nitrogens is 3. The molecule has 1 saturated heterocycles. The highest BCUT2D eigenvalue weighted by Crippen LogP contribution is 2.48. The molecule has 9 nitrogen and oxygen atoms in total. The summed E-state index contributed by atoms with van der Waals surface area (Å²) in [6.45, 7) is 3.71. The summed E-state index contributed by atoms with van der Waals surface area (Å²) in [7, 11) is 0. The van der Waals surface area contributed by atoms with E-state index in [2.05, 4.69) is 36.9 Å². The molecule has 2 aliphatic heterocycles. The number of benzene rings is 2. The van der Waals surface area contributed by atoms with Gasteiger partial charge in [-0.15, -0.1) is 26.3 Å². The summed E-state index contributed by atoms with van der Waals surface area (Å²) >= 11 is 0. The highest BCUT2D eigenvalue weighted by atomic mass is 19.4. The van der Waals surface area contributed by atoms with Gasteiger partial charge in [-0.1, -0.05) is 31.2 Å². The Kier molecular flexibility index (Phi) is 9.93. The minimum atomic E-state index is -5.22. The first-order chi connectivity index (χ1) is 26.2. The summed E-state index contributed by atoms with van der Waals surface area (Å²) in [5.41, 5.74) is -0.450. The first-order valence-corrected chi connectivity index (χ1v) is 18.7. The van der Waals surface area contributed by atoms with Gasteiger partial charge in [0.25, 0.3) is 0 Å². The van der Waals surface area contributed by atoms with Crippen molar-refractivity contribution < 1.29 is 49.3 Å². The van der Waals surface area contributed by atoms with Crippen LogP contribution in [0.25, 0.3) is 32.9 Å². The lowest BCUT2D eigenvalue weighted by Gasteiger charge is -2.34. The number of aryl methyl sites for hydroxylation is 1. The van der Waals surface area contributed by atoms with Crippen LogP contribution in [-0.2, 0) is 11.2 Å². The number of anilines is 1. The van der Waals surface area contributed by atoms with Gasteiger partial charge in [-0.25, -0.2) is 13.8 Å². The van der Waals surface area contributed by atoms with Crippen molar-refractivity contribution in [2.45, 2.75) is 102 Å². The molecule has 0 radical (unpaired) electrons. The second-order valence-corrected chi connectivity index (χ2v) is 15.2. The van der Waals surface area contributed by atoms with E-state index in [-0.39, 0.29) is 70.5 Å². The second kappa shape index (κ2) is 14.4. The third-order valence-electron chi connectivity index (χ3n) is 11.1. The molecule has 296 valence electrons. The fourth-order valence-electron chi connectivity index (χ4n) is 7.99. The molecule has 0 unspecified atom stereocenters. The first kappa shape index (κ1) is 37.8. The van der Waals surface area contributed by atoms with Crippen molar-refractivity contribution >= 4 is 27.5 Å². The predicted octanol–water partition coefficient (Wildman–Crippen LogP) is 8.44. The molecule has 4 heterocycles. The molecule has 2 aromatic carbocycles. The quantitative estimate of drug-likeness (QED) is 0.138. The smallest absolute Gasteiger partial charge is 0.463 e. The SMILES string of the molecule is CC[C@H](NC1CC1)[C@H]1CCc2nc(-c3cccc4ccc(F)c(OC(F)(F)F)c34)c(F)c3nc(OCC4(CN5CCC(OC(F)(F)F)CC5)CC4)nc(c23)N1. The molecule has 2 saturated carbocycles. The Morgan fingerprint density at radius 3 is 2.36 bits per heavy atom. The number of nitrogens with one attached hydrogen (secondary N) is 2. The number of fused-ring (bicyclic) bond motifs is 1. The zero-order valence-corrected chi connectivity index (χ0v) is 29.9. The van der Waals surface area contributed by atoms with Gasteiger partial charge >= 0.3 is 18.7 Å². The average Bonchev–Trinajstić information content (AvgIpc) is 4.07. The number of pyridine rings is 1. The Bertz CT molecular complexity index is 2060. The van der Waals surface area contributed by atoms with Crippen LogP contribution in [-0.4, -0.2) is 83.0 Å². The van der Waals surface area contributed by atoms with E-state index in [1.165, 1.54) is 24.3 Å². The lowest BCUT2D eigenvalue weighted by atomic mass is 9.98. The highest BCUT2D eigenvalue weighted by molar-refractivity contribution is 6.03. The lowest BCUT2D eigenvalue weighted by molar-refractivity contribution is -0.345. The van der Waals surface area contributed by atoms with Gasteiger partial charge in [0.05, 0.1) is 23.8 Å². The van der Waals surface area contributed by atoms with Crippen molar-refractivity contribution in [3.05, 3.63) is 47.7 Å². The number of halogens is 8. The van der Waals surface area contributed by atoms with Gasteiger partial charge in [0.15, 0.2) is 17.4 Å². The van der Waals surface area contributed by atoms with Crippen molar-refractivity contribution in [1.29, 1.82) is 0 Å². The van der Waals surface area contributed by atoms with Crippen molar-refractivity contribution in [3.8, 4) is 23.0 Å². The molecular weight excluding hydrogens is 740 g/mol. The number of nitrogens with zero attached hydrogens (tertiary/aromatic N) is 4. The Morgan fingerprint density at radius 1 is 0.927 bits per heavy atom. The van der Waals surface area contributed by atoms with Gasteiger partial charge in [0.1, 0.15) is 17.0 Å². The molecule has 4 aliphatic rings. The molecular formula is C38H40F8N6O3. The molecule has 2 aromatic heterocycles. The number of piperidine rings is 1. The van der Waals surface area contributed by atoms with E-state index in [0.29, 0.717) is 55.4 Å². The van der Waals surface area contributed by atoms with Crippen LogP contribution in [0.1, 0.15) is 64.0 Å². The van der Waals surface area contributed by atoms with Gasteiger partial charge < -0.3 is 25.0 Å². The van der Waals surface area contributed by atoms with Crippen LogP contribution >= 0.6 is 0 Å². The minimum Gasteiger partial charge on any atom is -0.463 e. The van der Waals surface area contributed by atoms with Crippen molar-refractivity contribution in [2.24, 2.45) is 5.41 Å². The average molecular weight is 781 g/mol. The number of hydrogen-bond acceptors (Lipinski definition) is 9. The molecule has 4 aromatic rings. The topological polar surface area (TPSA) is 93.7 Å². The van der Waals surface area contributed by atoms with Gasteiger partial charge in [0.2, 0.25) is 0 Å². The summed E-state index contributed by atoms with van der Waals surface area (Å²) in [5.74, 6) is -3.00. The standard InChI is InChI=1S/C38H40F8N6O3/c1-2-25(47-21-7-8-21)26-10-11-27-29-32(30(40)31(48-27)23-5-3-4-20-6-9-24(39)33(28(20)23)55-38(44,45)46)50-35(51-34(29)49-26)53-19-36(14-15-36)18-52-16-12-22(13-17-52)54-37(41,42)43/h3-6,9,21-22,25-26,47H,2,7-8,10-19H2,1H3,(H,49,50,51)/t25-,26+/m0/s1. The Labute approximate surface area is 311 Å². The van der Waals surface area contributed by atoms with E-state index >= 15 is 8.78 Å². The summed E-state index contributed by atoms with van der Waals surface area (Å²) in [6, 6.07) is 6.69. The zero-order valence-electron chi connectivity index (χ0n) is 29.9. The largest absolute Gasteiger partial charge is 0.573 e. The second-order valence-electron chi connectivity index (χ2n) is 15.2. The van der Waals surface area contributed by atoms with Crippen molar-refractivity contribution in [1.82, 2.24) is 25.2 Å². The van der Waals surface area contributed by atoms with Crippen molar-refractivity contribution in [3.63, 3.8) is 0 Å².